The number of pyridine rings is 1. The van der Waals surface area contributed by atoms with Crippen LogP contribution in [0.2, 0.25) is 0 Å². The standard InChI is InChI=1S/C11H6F2N2O2S/c12-8-4-3-7(6-9(8)13)18-11-10(15(16)17)2-1-5-14-11/h1-6H. The van der Waals surface area contributed by atoms with E-state index >= 15 is 0 Å². The van der Waals surface area contributed by atoms with E-state index in [0.717, 1.165) is 23.9 Å². The van der Waals surface area contributed by atoms with Crippen LogP contribution in [0.5, 0.6) is 0 Å². The van der Waals surface area contributed by atoms with Crippen LogP contribution < -0.4 is 0 Å². The van der Waals surface area contributed by atoms with Gasteiger partial charge in [0.2, 0.25) is 0 Å². The zero-order valence-electron chi connectivity index (χ0n) is 8.84. The van der Waals surface area contributed by atoms with E-state index in [1.165, 1.54) is 24.4 Å². The molecule has 0 aliphatic heterocycles. The van der Waals surface area contributed by atoms with Crippen LogP contribution in [-0.2, 0) is 0 Å². The van der Waals surface area contributed by atoms with Crippen LogP contribution in [0.4, 0.5) is 14.5 Å². The molecule has 1 aromatic heterocycles. The van der Waals surface area contributed by atoms with E-state index in [2.05, 4.69) is 4.98 Å². The number of halogens is 2. The molecule has 0 aliphatic carbocycles. The second-order valence-corrected chi connectivity index (χ2v) is 4.32. The fraction of sp³-hybridized carbons (Fsp3) is 0. The molecule has 0 saturated heterocycles. The van der Waals surface area contributed by atoms with Crippen LogP contribution in [0.15, 0.2) is 46.5 Å². The van der Waals surface area contributed by atoms with Gasteiger partial charge in [-0.15, -0.1) is 0 Å². The summed E-state index contributed by atoms with van der Waals surface area (Å²) < 4.78 is 25.7. The molecule has 0 atom stereocenters. The van der Waals surface area contributed by atoms with Gasteiger partial charge >= 0.3 is 5.69 Å². The van der Waals surface area contributed by atoms with E-state index in [9.17, 15) is 18.9 Å². The summed E-state index contributed by atoms with van der Waals surface area (Å²) in [6.07, 6.45) is 1.40. The molecule has 0 spiro atoms. The number of benzene rings is 1. The highest BCUT2D eigenvalue weighted by Crippen LogP contribution is 2.33. The van der Waals surface area contributed by atoms with Gasteiger partial charge in [-0.3, -0.25) is 10.1 Å². The van der Waals surface area contributed by atoms with Crippen molar-refractivity contribution in [3.63, 3.8) is 0 Å². The quantitative estimate of drug-likeness (QED) is 0.632. The Kier molecular flexibility index (Phi) is 3.52. The average molecular weight is 268 g/mol. The first-order valence-electron chi connectivity index (χ1n) is 4.80. The highest BCUT2D eigenvalue weighted by atomic mass is 32.2. The lowest BCUT2D eigenvalue weighted by atomic mass is 10.3. The molecule has 0 unspecified atom stereocenters. The number of aromatic nitrogens is 1. The number of nitro groups is 1. The van der Waals surface area contributed by atoms with Gasteiger partial charge in [0.05, 0.1) is 4.92 Å². The van der Waals surface area contributed by atoms with Crippen LogP contribution in [0.1, 0.15) is 0 Å². The van der Waals surface area contributed by atoms with Crippen LogP contribution in [0.25, 0.3) is 0 Å². The van der Waals surface area contributed by atoms with E-state index in [1.54, 1.807) is 0 Å². The Morgan fingerprint density at radius 3 is 2.67 bits per heavy atom. The summed E-state index contributed by atoms with van der Waals surface area (Å²) in [6.45, 7) is 0. The third-order valence-electron chi connectivity index (χ3n) is 2.05. The van der Waals surface area contributed by atoms with E-state index in [4.69, 9.17) is 0 Å². The fourth-order valence-corrected chi connectivity index (χ4v) is 2.13. The maximum absolute atomic E-state index is 13.0. The van der Waals surface area contributed by atoms with Crippen molar-refractivity contribution in [2.45, 2.75) is 9.92 Å². The van der Waals surface area contributed by atoms with Crippen molar-refractivity contribution >= 4 is 17.4 Å². The lowest BCUT2D eigenvalue weighted by Gasteiger charge is -2.02. The lowest BCUT2D eigenvalue weighted by molar-refractivity contribution is -0.388. The van der Waals surface area contributed by atoms with Crippen molar-refractivity contribution in [1.82, 2.24) is 4.98 Å². The topological polar surface area (TPSA) is 56.0 Å². The van der Waals surface area contributed by atoms with E-state index in [0.29, 0.717) is 4.90 Å². The molecule has 92 valence electrons. The van der Waals surface area contributed by atoms with Gasteiger partial charge in [-0.2, -0.15) is 0 Å². The maximum Gasteiger partial charge on any atom is 0.301 e. The molecule has 7 heteroatoms. The normalized spacial score (nSPS) is 10.3. The molecular formula is C11H6F2N2O2S. The molecule has 1 aromatic carbocycles. The Morgan fingerprint density at radius 2 is 2.00 bits per heavy atom. The van der Waals surface area contributed by atoms with E-state index in [-0.39, 0.29) is 10.7 Å². The molecule has 0 aliphatic rings. The Balaban J connectivity index is 2.34. The van der Waals surface area contributed by atoms with Crippen LogP contribution in [-0.4, -0.2) is 9.91 Å². The Labute approximate surface area is 105 Å². The largest absolute Gasteiger partial charge is 0.301 e. The summed E-state index contributed by atoms with van der Waals surface area (Å²) in [5.41, 5.74) is -0.174. The highest BCUT2D eigenvalue weighted by Gasteiger charge is 2.15. The van der Waals surface area contributed by atoms with Crippen molar-refractivity contribution < 1.29 is 13.7 Å². The molecule has 4 nitrogen and oxygen atoms in total. The number of rotatable bonds is 3. The third kappa shape index (κ3) is 2.62. The van der Waals surface area contributed by atoms with Crippen molar-refractivity contribution in [1.29, 1.82) is 0 Å². The summed E-state index contributed by atoms with van der Waals surface area (Å²) in [6, 6.07) is 6.01. The minimum atomic E-state index is -1.00. The van der Waals surface area contributed by atoms with Gasteiger partial charge in [0.1, 0.15) is 0 Å². The molecule has 0 saturated carbocycles. The van der Waals surface area contributed by atoms with Crippen LogP contribution >= 0.6 is 11.8 Å². The summed E-state index contributed by atoms with van der Waals surface area (Å²) in [7, 11) is 0. The van der Waals surface area contributed by atoms with Crippen molar-refractivity contribution in [3.8, 4) is 0 Å². The van der Waals surface area contributed by atoms with Gasteiger partial charge in [-0.1, -0.05) is 11.8 Å². The van der Waals surface area contributed by atoms with Gasteiger partial charge in [0.25, 0.3) is 0 Å². The second kappa shape index (κ2) is 5.09. The minimum Gasteiger partial charge on any atom is -0.258 e. The maximum atomic E-state index is 13.0. The molecule has 0 bridgehead atoms. The van der Waals surface area contributed by atoms with Crippen molar-refractivity contribution in [3.05, 3.63) is 58.3 Å². The van der Waals surface area contributed by atoms with E-state index in [1.807, 2.05) is 0 Å². The smallest absolute Gasteiger partial charge is 0.258 e. The second-order valence-electron chi connectivity index (χ2n) is 3.26. The van der Waals surface area contributed by atoms with Crippen LogP contribution in [0, 0.1) is 21.7 Å². The molecule has 1 heterocycles. The van der Waals surface area contributed by atoms with Gasteiger partial charge in [-0.25, -0.2) is 13.8 Å². The monoisotopic (exact) mass is 268 g/mol. The Hall–Kier alpha value is -2.02. The number of nitrogens with zero attached hydrogens (tertiary/aromatic N) is 2. The van der Waals surface area contributed by atoms with Crippen molar-refractivity contribution in [2.24, 2.45) is 0 Å². The summed E-state index contributed by atoms with van der Waals surface area (Å²) in [5, 5.41) is 10.9. The van der Waals surface area contributed by atoms with E-state index < -0.39 is 16.6 Å². The fourth-order valence-electron chi connectivity index (χ4n) is 1.25. The first kappa shape index (κ1) is 12.4. The molecule has 2 aromatic rings. The third-order valence-corrected chi connectivity index (χ3v) is 3.05. The molecule has 0 amide bonds. The summed E-state index contributed by atoms with van der Waals surface area (Å²) in [4.78, 5) is 14.4. The SMILES string of the molecule is O=[N+]([O-])c1cccnc1Sc1ccc(F)c(F)c1. The first-order valence-corrected chi connectivity index (χ1v) is 5.62. The highest BCUT2D eigenvalue weighted by molar-refractivity contribution is 7.99. The zero-order chi connectivity index (χ0) is 13.1. The Morgan fingerprint density at radius 1 is 1.22 bits per heavy atom. The van der Waals surface area contributed by atoms with Crippen LogP contribution in [0.3, 0.4) is 0 Å². The predicted molar refractivity (Wildman–Crippen MR) is 61.4 cm³/mol. The summed E-state index contributed by atoms with van der Waals surface area (Å²) >= 11 is 0.906. The molecule has 18 heavy (non-hydrogen) atoms. The number of hydrogen-bond acceptors (Lipinski definition) is 4. The Bertz CT molecular complexity index is 607. The van der Waals surface area contributed by atoms with Gasteiger partial charge < -0.3 is 0 Å². The van der Waals surface area contributed by atoms with Gasteiger partial charge in [-0.05, 0) is 24.3 Å². The first-order chi connectivity index (χ1) is 8.58. The van der Waals surface area contributed by atoms with Gasteiger partial charge in [0.15, 0.2) is 16.7 Å². The molecule has 0 N–H and O–H groups in total. The summed E-state index contributed by atoms with van der Waals surface area (Å²) in [5.74, 6) is -1.96. The molecule has 0 radical (unpaired) electrons. The average Bonchev–Trinajstić information content (AvgIpc) is 2.34. The minimum absolute atomic E-state index is 0.133. The molecular weight excluding hydrogens is 262 g/mol. The molecule has 2 rings (SSSR count). The van der Waals surface area contributed by atoms with Gasteiger partial charge in [0, 0.05) is 17.2 Å². The zero-order valence-corrected chi connectivity index (χ0v) is 9.66. The molecule has 0 fully saturated rings. The predicted octanol–water partition coefficient (Wildman–Crippen LogP) is 3.42. The van der Waals surface area contributed by atoms with Crippen molar-refractivity contribution in [2.75, 3.05) is 0 Å². The lowest BCUT2D eigenvalue weighted by Crippen LogP contribution is -1.93. The number of hydrogen-bond donors (Lipinski definition) is 0.